The molecule has 29 heavy (non-hydrogen) atoms. The van der Waals surface area contributed by atoms with Crippen LogP contribution in [0.15, 0.2) is 29.8 Å². The Balaban J connectivity index is 2.08. The van der Waals surface area contributed by atoms with Gasteiger partial charge >= 0.3 is 0 Å². The minimum absolute atomic E-state index is 0.0149. The predicted molar refractivity (Wildman–Crippen MR) is 113 cm³/mol. The first-order valence-electron chi connectivity index (χ1n) is 8.99. The number of aromatic nitrogens is 1. The van der Waals surface area contributed by atoms with Crippen LogP contribution < -0.4 is 5.32 Å². The highest BCUT2D eigenvalue weighted by Crippen LogP contribution is 2.27. The molecular weight excluding hydrogens is 392 g/mol. The van der Waals surface area contributed by atoms with Crippen molar-refractivity contribution in [3.63, 3.8) is 0 Å². The van der Waals surface area contributed by atoms with Gasteiger partial charge in [0.1, 0.15) is 5.57 Å². The molecular formula is C20H20N4O4S. The molecule has 0 atom stereocenters. The van der Waals surface area contributed by atoms with Crippen molar-refractivity contribution in [3.05, 3.63) is 62.5 Å². The molecule has 1 N–H and O–H groups in total. The van der Waals surface area contributed by atoms with Crippen molar-refractivity contribution in [1.29, 1.82) is 0 Å². The molecule has 2 heterocycles. The largest absolute Gasteiger partial charge is 0.318 e. The van der Waals surface area contributed by atoms with Crippen LogP contribution in [-0.2, 0) is 9.59 Å². The van der Waals surface area contributed by atoms with Gasteiger partial charge in [-0.15, -0.1) is 0 Å². The number of nitro groups is 1. The number of carbonyl (C=O) groups is 2. The van der Waals surface area contributed by atoms with Crippen LogP contribution in [0.25, 0.3) is 11.8 Å². The van der Waals surface area contributed by atoms with Gasteiger partial charge in [0.15, 0.2) is 5.11 Å². The zero-order valence-corrected chi connectivity index (χ0v) is 17.3. The smallest absolute Gasteiger partial charge is 0.269 e. The molecule has 1 aliphatic heterocycles. The molecule has 1 aromatic heterocycles. The number of rotatable bonds is 4. The highest BCUT2D eigenvalue weighted by Gasteiger charge is 2.32. The first-order valence-corrected chi connectivity index (χ1v) is 9.39. The summed E-state index contributed by atoms with van der Waals surface area (Å²) >= 11 is 5.05. The van der Waals surface area contributed by atoms with Crippen molar-refractivity contribution in [3.8, 4) is 5.69 Å². The molecule has 150 valence electrons. The van der Waals surface area contributed by atoms with Gasteiger partial charge in [0.05, 0.1) is 4.92 Å². The summed E-state index contributed by atoms with van der Waals surface area (Å²) in [6.07, 6.45) is 1.56. The van der Waals surface area contributed by atoms with Crippen LogP contribution in [-0.4, -0.2) is 37.9 Å². The zero-order chi connectivity index (χ0) is 21.5. The number of hydrogen-bond donors (Lipinski definition) is 1. The number of nitrogens with zero attached hydrogens (tertiary/aromatic N) is 3. The van der Waals surface area contributed by atoms with Crippen molar-refractivity contribution in [1.82, 2.24) is 14.8 Å². The minimum Gasteiger partial charge on any atom is -0.318 e. The molecule has 2 aromatic rings. The number of aryl methyl sites for hydroxylation is 2. The maximum absolute atomic E-state index is 12.6. The average molecular weight is 412 g/mol. The van der Waals surface area contributed by atoms with E-state index in [1.807, 2.05) is 24.5 Å². The van der Waals surface area contributed by atoms with E-state index in [0.29, 0.717) is 12.1 Å². The molecule has 9 heteroatoms. The highest BCUT2D eigenvalue weighted by atomic mass is 32.1. The van der Waals surface area contributed by atoms with E-state index in [-0.39, 0.29) is 16.4 Å². The lowest BCUT2D eigenvalue weighted by molar-refractivity contribution is -0.384. The number of benzene rings is 1. The third-order valence-electron chi connectivity index (χ3n) is 4.90. The number of amides is 2. The zero-order valence-electron chi connectivity index (χ0n) is 16.5. The van der Waals surface area contributed by atoms with Gasteiger partial charge in [-0.3, -0.25) is 29.9 Å². The highest BCUT2D eigenvalue weighted by molar-refractivity contribution is 7.80. The second kappa shape index (κ2) is 7.59. The number of hydrogen-bond acceptors (Lipinski definition) is 5. The van der Waals surface area contributed by atoms with Gasteiger partial charge in [-0.25, -0.2) is 0 Å². The number of nitrogens with one attached hydrogen (secondary N) is 1. The van der Waals surface area contributed by atoms with E-state index in [1.165, 1.54) is 17.0 Å². The summed E-state index contributed by atoms with van der Waals surface area (Å²) in [5.74, 6) is -0.960. The fourth-order valence-corrected chi connectivity index (χ4v) is 3.75. The van der Waals surface area contributed by atoms with E-state index >= 15 is 0 Å². The molecule has 1 fully saturated rings. The van der Waals surface area contributed by atoms with Crippen molar-refractivity contribution in [2.45, 2.75) is 27.7 Å². The standard InChI is InChI=1S/C20H20N4O4S/c1-5-22-19(26)16(18(25)21-20(22)29)10-14-9-12(3)23(13(14)4)17-7-6-15(24(27)28)8-11(17)2/h6-10H,5H2,1-4H3,(H,21,25,29)/b16-10-. The van der Waals surface area contributed by atoms with E-state index in [0.717, 1.165) is 22.6 Å². The van der Waals surface area contributed by atoms with Gasteiger partial charge in [-0.1, -0.05) is 0 Å². The first-order chi connectivity index (χ1) is 13.6. The maximum Gasteiger partial charge on any atom is 0.269 e. The number of thiocarbonyl (C=S) groups is 1. The lowest BCUT2D eigenvalue weighted by atomic mass is 10.1. The normalized spacial score (nSPS) is 15.8. The van der Waals surface area contributed by atoms with Gasteiger partial charge in [-0.2, -0.15) is 0 Å². The Labute approximate surface area is 173 Å². The summed E-state index contributed by atoms with van der Waals surface area (Å²) in [5, 5.41) is 13.6. The van der Waals surface area contributed by atoms with Crippen LogP contribution in [0.2, 0.25) is 0 Å². The molecule has 0 radical (unpaired) electrons. The van der Waals surface area contributed by atoms with Crippen LogP contribution in [0.3, 0.4) is 0 Å². The van der Waals surface area contributed by atoms with Crippen LogP contribution >= 0.6 is 12.2 Å². The van der Waals surface area contributed by atoms with Crippen molar-refractivity contribution in [2.75, 3.05) is 6.54 Å². The summed E-state index contributed by atoms with van der Waals surface area (Å²) in [4.78, 5) is 36.9. The monoisotopic (exact) mass is 412 g/mol. The molecule has 3 rings (SSSR count). The summed E-state index contributed by atoms with van der Waals surface area (Å²) in [6.45, 7) is 7.70. The molecule has 8 nitrogen and oxygen atoms in total. The fraction of sp³-hybridized carbons (Fsp3) is 0.250. The van der Waals surface area contributed by atoms with E-state index in [1.54, 1.807) is 26.0 Å². The molecule has 0 spiro atoms. The molecule has 2 amide bonds. The van der Waals surface area contributed by atoms with Gasteiger partial charge in [0, 0.05) is 35.8 Å². The third kappa shape index (κ3) is 3.56. The van der Waals surface area contributed by atoms with Gasteiger partial charge in [0.2, 0.25) is 0 Å². The predicted octanol–water partition coefficient (Wildman–Crippen LogP) is 2.96. The van der Waals surface area contributed by atoms with E-state index in [4.69, 9.17) is 12.2 Å². The Bertz CT molecular complexity index is 1100. The average Bonchev–Trinajstić information content (AvgIpc) is 2.92. The van der Waals surface area contributed by atoms with Gasteiger partial charge < -0.3 is 4.57 Å². The fourth-order valence-electron chi connectivity index (χ4n) is 3.45. The van der Waals surface area contributed by atoms with Crippen LogP contribution in [0, 0.1) is 30.9 Å². The minimum atomic E-state index is -0.527. The molecule has 0 unspecified atom stereocenters. The van der Waals surface area contributed by atoms with Crippen molar-refractivity contribution >= 4 is 40.9 Å². The number of nitro benzene ring substituents is 1. The Morgan fingerprint density at radius 3 is 2.48 bits per heavy atom. The van der Waals surface area contributed by atoms with Crippen LogP contribution in [0.4, 0.5) is 5.69 Å². The molecule has 1 saturated heterocycles. The van der Waals surface area contributed by atoms with Crippen LogP contribution in [0.5, 0.6) is 0 Å². The Morgan fingerprint density at radius 2 is 1.90 bits per heavy atom. The SMILES string of the molecule is CCN1C(=O)/C(=C\c2cc(C)n(-c3ccc([N+](=O)[O-])cc3C)c2C)C(=O)NC1=S. The lowest BCUT2D eigenvalue weighted by Crippen LogP contribution is -2.53. The Kier molecular flexibility index (Phi) is 5.34. The number of non-ortho nitro benzene ring substituents is 1. The topological polar surface area (TPSA) is 97.5 Å². The number of carbonyl (C=O) groups excluding carboxylic acids is 2. The van der Waals surface area contributed by atoms with Crippen LogP contribution in [0.1, 0.15) is 29.4 Å². The molecule has 0 bridgehead atoms. The first kappa shape index (κ1) is 20.4. The van der Waals surface area contributed by atoms with E-state index < -0.39 is 16.7 Å². The van der Waals surface area contributed by atoms with E-state index in [9.17, 15) is 19.7 Å². The molecule has 1 aromatic carbocycles. The summed E-state index contributed by atoms with van der Waals surface area (Å²) in [5.41, 5.74) is 3.97. The Morgan fingerprint density at radius 1 is 1.21 bits per heavy atom. The summed E-state index contributed by atoms with van der Waals surface area (Å²) in [7, 11) is 0. The third-order valence-corrected chi connectivity index (χ3v) is 5.23. The Hall–Kier alpha value is -3.33. The van der Waals surface area contributed by atoms with Gasteiger partial charge in [-0.05, 0) is 69.2 Å². The second-order valence-electron chi connectivity index (χ2n) is 6.76. The van der Waals surface area contributed by atoms with E-state index in [2.05, 4.69) is 5.32 Å². The van der Waals surface area contributed by atoms with Crippen molar-refractivity contribution in [2.24, 2.45) is 0 Å². The summed E-state index contributed by atoms with van der Waals surface area (Å²) in [6, 6.07) is 6.54. The maximum atomic E-state index is 12.6. The quantitative estimate of drug-likeness (QED) is 0.274. The van der Waals surface area contributed by atoms with Gasteiger partial charge in [0.25, 0.3) is 17.5 Å². The second-order valence-corrected chi connectivity index (χ2v) is 7.14. The molecule has 0 aliphatic carbocycles. The molecule has 0 saturated carbocycles. The lowest BCUT2D eigenvalue weighted by Gasteiger charge is -2.27. The molecule has 1 aliphatic rings. The summed E-state index contributed by atoms with van der Waals surface area (Å²) < 4.78 is 1.94. The number of likely N-dealkylation sites (N-methyl/N-ethyl adjacent to an activating group) is 1. The van der Waals surface area contributed by atoms with Crippen molar-refractivity contribution < 1.29 is 14.5 Å².